The van der Waals surface area contributed by atoms with Gasteiger partial charge in [0.25, 0.3) is 0 Å². The largest absolute Gasteiger partial charge is 0.504 e. The Morgan fingerprint density at radius 3 is 2.79 bits per heavy atom. The fraction of sp³-hybridized carbons (Fsp3) is 0.208. The highest BCUT2D eigenvalue weighted by atomic mass is 32.1. The minimum absolute atomic E-state index is 0.0659. The predicted molar refractivity (Wildman–Crippen MR) is 117 cm³/mol. The Kier molecular flexibility index (Phi) is 3.41. The van der Waals surface area contributed by atoms with Gasteiger partial charge in [-0.25, -0.2) is 0 Å². The van der Waals surface area contributed by atoms with Crippen LogP contribution in [0, 0.1) is 0 Å². The van der Waals surface area contributed by atoms with Gasteiger partial charge in [0.2, 0.25) is 0 Å². The molecular formula is C24H19NO3S. The van der Waals surface area contributed by atoms with E-state index in [4.69, 9.17) is 0 Å². The normalized spacial score (nSPS) is 18.0. The van der Waals surface area contributed by atoms with E-state index < -0.39 is 0 Å². The van der Waals surface area contributed by atoms with E-state index in [1.54, 1.807) is 17.4 Å². The Morgan fingerprint density at radius 2 is 1.93 bits per heavy atom. The van der Waals surface area contributed by atoms with E-state index >= 15 is 0 Å². The highest BCUT2D eigenvalue weighted by Crippen LogP contribution is 2.51. The molecule has 0 amide bonds. The van der Waals surface area contributed by atoms with Crippen molar-refractivity contribution in [1.82, 2.24) is 4.90 Å². The van der Waals surface area contributed by atoms with Gasteiger partial charge in [0.05, 0.1) is 0 Å². The molecule has 5 heteroatoms. The van der Waals surface area contributed by atoms with E-state index in [0.29, 0.717) is 5.56 Å². The minimum Gasteiger partial charge on any atom is -0.504 e. The molecule has 1 aromatic heterocycles. The highest BCUT2D eigenvalue weighted by molar-refractivity contribution is 7.24. The van der Waals surface area contributed by atoms with Gasteiger partial charge in [-0.2, -0.15) is 0 Å². The smallest absolute Gasteiger partial charge is 0.196 e. The quantitative estimate of drug-likeness (QED) is 0.335. The van der Waals surface area contributed by atoms with Crippen molar-refractivity contribution < 1.29 is 10.2 Å². The van der Waals surface area contributed by atoms with Gasteiger partial charge in [0.1, 0.15) is 0 Å². The molecule has 4 nitrogen and oxygen atoms in total. The minimum atomic E-state index is -0.105. The van der Waals surface area contributed by atoms with Crippen LogP contribution in [0.25, 0.3) is 31.3 Å². The molecule has 1 atom stereocenters. The molecule has 2 heterocycles. The van der Waals surface area contributed by atoms with Crippen LogP contribution in [-0.4, -0.2) is 28.7 Å². The van der Waals surface area contributed by atoms with E-state index in [2.05, 4.69) is 18.0 Å². The summed E-state index contributed by atoms with van der Waals surface area (Å²) in [5.41, 5.74) is 5.04. The topological polar surface area (TPSA) is 60.8 Å². The van der Waals surface area contributed by atoms with Crippen LogP contribution in [-0.2, 0) is 12.8 Å². The lowest BCUT2D eigenvalue weighted by atomic mass is 9.76. The number of likely N-dealkylation sites (N-methyl/N-ethyl adjacent to an activating group) is 1. The van der Waals surface area contributed by atoms with E-state index in [9.17, 15) is 15.0 Å². The number of hydrogen-bond acceptors (Lipinski definition) is 5. The van der Waals surface area contributed by atoms with Crippen LogP contribution in [0.3, 0.4) is 0 Å². The third-order valence-corrected chi connectivity index (χ3v) is 7.64. The van der Waals surface area contributed by atoms with Crippen LogP contribution in [0.2, 0.25) is 0 Å². The average Bonchev–Trinajstić information content (AvgIpc) is 2.72. The van der Waals surface area contributed by atoms with Gasteiger partial charge in [-0.15, -0.1) is 11.3 Å². The Hall–Kier alpha value is -2.89. The number of phenolic OH excluding ortho intramolecular Hbond substituents is 2. The molecule has 0 fully saturated rings. The maximum atomic E-state index is 13.4. The lowest BCUT2D eigenvalue weighted by molar-refractivity contribution is 0.228. The van der Waals surface area contributed by atoms with Crippen molar-refractivity contribution in [2.75, 3.05) is 13.6 Å². The number of phenols is 2. The number of benzene rings is 3. The SMILES string of the molecule is CN1CCc2c3c(cc4sc5ccccc5c(=O)c24)-c2c(ccc(O)c2O)C[C@H]31. The summed E-state index contributed by atoms with van der Waals surface area (Å²) in [4.78, 5) is 15.8. The molecule has 1 aliphatic heterocycles. The van der Waals surface area contributed by atoms with Gasteiger partial charge in [0.15, 0.2) is 16.9 Å². The van der Waals surface area contributed by atoms with E-state index in [1.165, 1.54) is 0 Å². The van der Waals surface area contributed by atoms with Crippen molar-refractivity contribution in [2.45, 2.75) is 18.9 Å². The van der Waals surface area contributed by atoms with Crippen LogP contribution < -0.4 is 5.43 Å². The third kappa shape index (κ3) is 2.20. The summed E-state index contributed by atoms with van der Waals surface area (Å²) in [5, 5.41) is 22.4. The first-order valence-electron chi connectivity index (χ1n) is 9.80. The first-order chi connectivity index (χ1) is 14.0. The predicted octanol–water partition coefficient (Wildman–Crippen LogP) is 4.58. The molecule has 144 valence electrons. The van der Waals surface area contributed by atoms with Crippen molar-refractivity contribution in [3.8, 4) is 22.6 Å². The number of rotatable bonds is 0. The molecule has 29 heavy (non-hydrogen) atoms. The summed E-state index contributed by atoms with van der Waals surface area (Å²) in [7, 11) is 2.12. The summed E-state index contributed by atoms with van der Waals surface area (Å²) in [6.45, 7) is 0.895. The molecule has 3 aromatic carbocycles. The maximum Gasteiger partial charge on any atom is 0.196 e. The van der Waals surface area contributed by atoms with Crippen molar-refractivity contribution in [2.24, 2.45) is 0 Å². The molecule has 0 saturated carbocycles. The molecular weight excluding hydrogens is 382 g/mol. The average molecular weight is 401 g/mol. The van der Waals surface area contributed by atoms with Gasteiger partial charge >= 0.3 is 0 Å². The number of fused-ring (bicyclic) bond motifs is 5. The fourth-order valence-corrected chi connectivity index (χ4v) is 6.27. The first-order valence-corrected chi connectivity index (χ1v) is 10.6. The molecule has 0 spiro atoms. The van der Waals surface area contributed by atoms with Crippen LogP contribution in [0.15, 0.2) is 47.3 Å². The Morgan fingerprint density at radius 1 is 1.10 bits per heavy atom. The van der Waals surface area contributed by atoms with Crippen molar-refractivity contribution in [1.29, 1.82) is 0 Å². The molecule has 6 rings (SSSR count). The van der Waals surface area contributed by atoms with Crippen molar-refractivity contribution in [3.05, 3.63) is 69.4 Å². The zero-order chi connectivity index (χ0) is 19.9. The van der Waals surface area contributed by atoms with E-state index in [-0.39, 0.29) is 23.0 Å². The lowest BCUT2D eigenvalue weighted by Crippen LogP contribution is -2.36. The van der Waals surface area contributed by atoms with Crippen molar-refractivity contribution in [3.63, 3.8) is 0 Å². The third-order valence-electron chi connectivity index (χ3n) is 6.52. The second kappa shape index (κ2) is 5.81. The first kappa shape index (κ1) is 17.0. The molecule has 0 bridgehead atoms. The highest BCUT2D eigenvalue weighted by Gasteiger charge is 2.36. The standard InChI is InChI=1S/C24H19NO3S/c1-25-9-8-14-21-15(20-12(10-16(21)25)6-7-17(26)24(20)28)11-19-22(14)23(27)13-4-2-3-5-18(13)29-19/h2-7,11,16,26,28H,8-10H2,1H3/t16-/m1/s1. The summed E-state index contributed by atoms with van der Waals surface area (Å²) in [6, 6.07) is 13.5. The number of hydrogen-bond donors (Lipinski definition) is 2. The Bertz CT molecular complexity index is 1410. The summed E-state index contributed by atoms with van der Waals surface area (Å²) < 4.78 is 1.92. The van der Waals surface area contributed by atoms with Gasteiger partial charge in [-0.3, -0.25) is 9.69 Å². The van der Waals surface area contributed by atoms with Crippen molar-refractivity contribution >= 4 is 31.5 Å². The summed E-state index contributed by atoms with van der Waals surface area (Å²) in [5.74, 6) is -0.171. The fourth-order valence-electron chi connectivity index (χ4n) is 5.12. The maximum absolute atomic E-state index is 13.4. The van der Waals surface area contributed by atoms with Gasteiger partial charge in [0, 0.05) is 38.3 Å². The zero-order valence-electron chi connectivity index (χ0n) is 15.9. The number of nitrogens with zero attached hydrogens (tertiary/aromatic N) is 1. The zero-order valence-corrected chi connectivity index (χ0v) is 16.7. The van der Waals surface area contributed by atoms with Gasteiger partial charge in [-0.1, -0.05) is 18.2 Å². The van der Waals surface area contributed by atoms with Crippen LogP contribution in [0.4, 0.5) is 0 Å². The molecule has 1 aliphatic carbocycles. The summed E-state index contributed by atoms with van der Waals surface area (Å²) in [6.07, 6.45) is 1.57. The van der Waals surface area contributed by atoms with Crippen LogP contribution in [0.5, 0.6) is 11.5 Å². The van der Waals surface area contributed by atoms with Gasteiger partial charge in [-0.05, 0) is 66.4 Å². The second-order valence-corrected chi connectivity index (χ2v) is 9.12. The molecule has 2 aliphatic rings. The van der Waals surface area contributed by atoms with Crippen LogP contribution >= 0.6 is 11.3 Å². The molecule has 2 N–H and O–H groups in total. The second-order valence-electron chi connectivity index (χ2n) is 8.03. The molecule has 0 saturated heterocycles. The summed E-state index contributed by atoms with van der Waals surface area (Å²) >= 11 is 1.62. The molecule has 4 aromatic rings. The Labute approximate surface area is 171 Å². The number of aromatic hydroxyl groups is 2. The monoisotopic (exact) mass is 401 g/mol. The van der Waals surface area contributed by atoms with E-state index in [1.807, 2.05) is 30.3 Å². The Balaban J connectivity index is 1.82. The molecule has 0 unspecified atom stereocenters. The lowest BCUT2D eigenvalue weighted by Gasteiger charge is -2.40. The van der Waals surface area contributed by atoms with Crippen LogP contribution in [0.1, 0.15) is 22.7 Å². The van der Waals surface area contributed by atoms with E-state index in [0.717, 1.165) is 61.8 Å². The van der Waals surface area contributed by atoms with Gasteiger partial charge < -0.3 is 10.2 Å². The molecule has 0 radical (unpaired) electrons.